The Morgan fingerprint density at radius 1 is 0.611 bits per heavy atom. The number of hydrogen-bond acceptors (Lipinski definition) is 2. The second-order valence-corrected chi connectivity index (χ2v) is 16.8. The molecule has 0 heterocycles. The molecule has 1 fully saturated rings. The highest BCUT2D eigenvalue weighted by atomic mass is 28.3. The van der Waals surface area contributed by atoms with E-state index in [1.54, 1.807) is 0 Å². The van der Waals surface area contributed by atoms with Crippen molar-refractivity contribution in [2.24, 2.45) is 17.8 Å². The highest BCUT2D eigenvalue weighted by Crippen LogP contribution is 2.58. The molecule has 0 bridgehead atoms. The molecule has 2 N–H and O–H groups in total. The van der Waals surface area contributed by atoms with Gasteiger partial charge in [0.25, 0.3) is 0 Å². The second kappa shape index (κ2) is 5.39. The van der Waals surface area contributed by atoms with Crippen LogP contribution in [0.2, 0.25) is 37.3 Å². The summed E-state index contributed by atoms with van der Waals surface area (Å²) in [4.78, 5) is 7.38. The highest BCUT2D eigenvalue weighted by Gasteiger charge is 2.54. The molecule has 0 aromatic heterocycles. The van der Waals surface area contributed by atoms with Crippen molar-refractivity contribution in [2.45, 2.75) is 58.0 Å². The van der Waals surface area contributed by atoms with Crippen molar-refractivity contribution >= 4 is 16.5 Å². The molecular weight excluding hydrogens is 252 g/mol. The second-order valence-electron chi connectivity index (χ2n) is 7.57. The summed E-state index contributed by atoms with van der Waals surface area (Å²) in [6.45, 7) is 17.5. The highest BCUT2D eigenvalue weighted by molar-refractivity contribution is 6.78. The quantitative estimate of drug-likeness (QED) is 0.773. The molecule has 108 valence electrons. The molecule has 0 aromatic rings. The smallest absolute Gasteiger partial charge is 0.122 e. The van der Waals surface area contributed by atoms with Crippen LogP contribution >= 0.6 is 0 Å². The normalized spacial score (nSPS) is 38.2. The van der Waals surface area contributed by atoms with E-state index in [0.717, 1.165) is 28.8 Å². The number of hydrogen-bond donors (Lipinski definition) is 2. The van der Waals surface area contributed by atoms with Crippen molar-refractivity contribution in [1.82, 2.24) is 9.96 Å². The fourth-order valence-electron chi connectivity index (χ4n) is 4.80. The Hall–Kier alpha value is 0.354. The minimum absolute atomic E-state index is 0.859. The summed E-state index contributed by atoms with van der Waals surface area (Å²) in [5, 5.41) is 0. The lowest BCUT2D eigenvalue weighted by molar-refractivity contribution is 0.443. The Bertz CT molecular complexity index is 264. The molecule has 1 aliphatic rings. The summed E-state index contributed by atoms with van der Waals surface area (Å²) < 4.78 is 0. The van der Waals surface area contributed by atoms with Crippen molar-refractivity contribution < 1.29 is 0 Å². The minimum atomic E-state index is -1.30. The third-order valence-electron chi connectivity index (χ3n) is 6.05. The molecule has 18 heavy (non-hydrogen) atoms. The first-order valence-electron chi connectivity index (χ1n) is 7.48. The summed E-state index contributed by atoms with van der Waals surface area (Å²) in [6, 6.07) is 0. The van der Waals surface area contributed by atoms with Crippen LogP contribution in [0.1, 0.15) is 20.8 Å². The molecule has 4 unspecified atom stereocenters. The van der Waals surface area contributed by atoms with E-state index in [-0.39, 0.29) is 0 Å². The van der Waals surface area contributed by atoms with E-state index < -0.39 is 16.5 Å². The fourth-order valence-corrected chi connectivity index (χ4v) is 11.9. The van der Waals surface area contributed by atoms with Crippen molar-refractivity contribution in [3.8, 4) is 0 Å². The van der Waals surface area contributed by atoms with Crippen LogP contribution in [-0.4, -0.2) is 30.6 Å². The van der Waals surface area contributed by atoms with Crippen LogP contribution in [0.25, 0.3) is 0 Å². The lowest BCUT2D eigenvalue weighted by Gasteiger charge is -2.38. The number of nitrogens with one attached hydrogen (secondary N) is 2. The summed E-state index contributed by atoms with van der Waals surface area (Å²) in [6.07, 6.45) is 0. The van der Waals surface area contributed by atoms with Crippen LogP contribution in [0, 0.1) is 17.8 Å². The average molecular weight is 287 g/mol. The zero-order valence-corrected chi connectivity index (χ0v) is 15.9. The van der Waals surface area contributed by atoms with E-state index >= 15 is 0 Å². The van der Waals surface area contributed by atoms with E-state index in [1.165, 1.54) is 0 Å². The van der Waals surface area contributed by atoms with Crippen LogP contribution in [0.5, 0.6) is 0 Å². The van der Waals surface area contributed by atoms with E-state index in [4.69, 9.17) is 0 Å². The van der Waals surface area contributed by atoms with Crippen molar-refractivity contribution in [3.63, 3.8) is 0 Å². The predicted octanol–water partition coefficient (Wildman–Crippen LogP) is 3.50. The van der Waals surface area contributed by atoms with Crippen LogP contribution in [-0.2, 0) is 0 Å². The molecule has 1 aliphatic carbocycles. The molecule has 4 atom stereocenters. The summed E-state index contributed by atoms with van der Waals surface area (Å²) in [5.74, 6) is 2.58. The summed E-state index contributed by atoms with van der Waals surface area (Å²) in [7, 11) is 1.74. The van der Waals surface area contributed by atoms with Crippen LogP contribution in [0.15, 0.2) is 0 Å². The molecule has 0 aromatic carbocycles. The van der Waals surface area contributed by atoms with Crippen LogP contribution in [0.3, 0.4) is 0 Å². The van der Waals surface area contributed by atoms with Gasteiger partial charge in [0.05, 0.1) is 0 Å². The Labute approximate surface area is 116 Å². The Kier molecular flexibility index (Phi) is 4.91. The van der Waals surface area contributed by atoms with Gasteiger partial charge in [-0.25, -0.2) is 0 Å². The fraction of sp³-hybridized carbons (Fsp3) is 1.00. The minimum Gasteiger partial charge on any atom is -0.340 e. The van der Waals surface area contributed by atoms with Gasteiger partial charge in [-0.1, -0.05) is 47.0 Å². The molecule has 4 heteroatoms. The third kappa shape index (κ3) is 2.62. The standard InChI is InChI=1S/C14H34N2Si2/c1-10-11(2)14(18(8,9)16-5)12(3)13(10)17(6,7)15-4/h10-16H,1-9H3. The van der Waals surface area contributed by atoms with Crippen molar-refractivity contribution in [1.29, 1.82) is 0 Å². The molecule has 0 saturated heterocycles. The summed E-state index contributed by atoms with van der Waals surface area (Å²) in [5.41, 5.74) is 1.81. The van der Waals surface area contributed by atoms with Crippen molar-refractivity contribution in [3.05, 3.63) is 0 Å². The molecule has 2 nitrogen and oxygen atoms in total. The van der Waals surface area contributed by atoms with Gasteiger partial charge in [-0.15, -0.1) is 0 Å². The Balaban J connectivity index is 3.08. The predicted molar refractivity (Wildman–Crippen MR) is 88.1 cm³/mol. The maximum Gasteiger partial charge on any atom is 0.122 e. The van der Waals surface area contributed by atoms with Gasteiger partial charge < -0.3 is 9.96 Å². The molecule has 0 radical (unpaired) electrons. The topological polar surface area (TPSA) is 24.1 Å². The first-order chi connectivity index (χ1) is 8.10. The third-order valence-corrected chi connectivity index (χ3v) is 14.1. The monoisotopic (exact) mass is 286 g/mol. The van der Waals surface area contributed by atoms with E-state index in [9.17, 15) is 0 Å². The molecule has 0 spiro atoms. The van der Waals surface area contributed by atoms with Gasteiger partial charge in [-0.05, 0) is 42.9 Å². The van der Waals surface area contributed by atoms with E-state index in [1.807, 2.05) is 0 Å². The lowest BCUT2D eigenvalue weighted by atomic mass is 10.0. The van der Waals surface area contributed by atoms with E-state index in [2.05, 4.69) is 71.0 Å². The molecule has 0 amide bonds. The van der Waals surface area contributed by atoms with Gasteiger partial charge in [0.1, 0.15) is 16.5 Å². The van der Waals surface area contributed by atoms with Gasteiger partial charge in [0.2, 0.25) is 0 Å². The zero-order valence-electron chi connectivity index (χ0n) is 13.9. The Morgan fingerprint density at radius 2 is 0.889 bits per heavy atom. The number of rotatable bonds is 4. The SMILES string of the molecule is CN[Si](C)(C)C1C(C)C(C)C([Si](C)(C)NC)C1C. The lowest BCUT2D eigenvalue weighted by Crippen LogP contribution is -2.52. The first-order valence-corrected chi connectivity index (χ1v) is 13.6. The van der Waals surface area contributed by atoms with Gasteiger partial charge in [0.15, 0.2) is 0 Å². The van der Waals surface area contributed by atoms with Gasteiger partial charge in [-0.3, -0.25) is 0 Å². The maximum atomic E-state index is 3.69. The molecule has 0 aliphatic heterocycles. The van der Waals surface area contributed by atoms with Crippen molar-refractivity contribution in [2.75, 3.05) is 14.1 Å². The van der Waals surface area contributed by atoms with Gasteiger partial charge in [0, 0.05) is 0 Å². The van der Waals surface area contributed by atoms with Crippen LogP contribution in [0.4, 0.5) is 0 Å². The van der Waals surface area contributed by atoms with Crippen LogP contribution < -0.4 is 9.96 Å². The molecule has 1 saturated carbocycles. The van der Waals surface area contributed by atoms with Gasteiger partial charge in [-0.2, -0.15) is 0 Å². The zero-order chi connectivity index (χ0) is 14.3. The van der Waals surface area contributed by atoms with Gasteiger partial charge >= 0.3 is 0 Å². The molecule has 1 rings (SSSR count). The molecular formula is C14H34N2Si2. The summed E-state index contributed by atoms with van der Waals surface area (Å²) >= 11 is 0. The largest absolute Gasteiger partial charge is 0.340 e. The van der Waals surface area contributed by atoms with E-state index in [0.29, 0.717) is 0 Å². The Morgan fingerprint density at radius 3 is 1.11 bits per heavy atom. The first kappa shape index (κ1) is 16.4. The average Bonchev–Trinajstić information content (AvgIpc) is 2.51. The maximum absolute atomic E-state index is 3.69.